The van der Waals surface area contributed by atoms with Crippen LogP contribution in [0.2, 0.25) is 0 Å². The van der Waals surface area contributed by atoms with Crippen LogP contribution in [0, 0.1) is 5.92 Å². The number of aliphatic hydroxyl groups is 1. The van der Waals surface area contributed by atoms with Crippen molar-refractivity contribution in [2.75, 3.05) is 36.0 Å². The normalized spacial score (nSPS) is 25.5. The number of primary amides is 1. The number of rotatable bonds is 4. The average Bonchev–Trinajstić information content (AvgIpc) is 3.04. The average molecular weight is 305 g/mol. The van der Waals surface area contributed by atoms with Crippen molar-refractivity contribution in [3.63, 3.8) is 0 Å². The molecule has 0 saturated carbocycles. The van der Waals surface area contributed by atoms with Gasteiger partial charge in [0.2, 0.25) is 5.91 Å². The quantitative estimate of drug-likeness (QED) is 0.821. The van der Waals surface area contributed by atoms with E-state index in [9.17, 15) is 9.90 Å². The van der Waals surface area contributed by atoms with E-state index in [0.717, 1.165) is 50.4 Å². The molecule has 1 aromatic rings. The highest BCUT2D eigenvalue weighted by molar-refractivity contribution is 5.77. The van der Waals surface area contributed by atoms with Crippen LogP contribution in [0.5, 0.6) is 0 Å². The number of piperidine rings is 1. The van der Waals surface area contributed by atoms with E-state index < -0.39 is 0 Å². The zero-order chi connectivity index (χ0) is 15.5. The van der Waals surface area contributed by atoms with Gasteiger partial charge in [-0.15, -0.1) is 0 Å². The topological polar surface area (TPSA) is 95.6 Å². The summed E-state index contributed by atoms with van der Waals surface area (Å²) in [6, 6.07) is 2.10. The van der Waals surface area contributed by atoms with Crippen molar-refractivity contribution in [2.24, 2.45) is 11.7 Å². The SMILES string of the molecule is NC(=O)[C@@H]1CCCN(c2cc(N3CCC[C@H]3CO)ncn2)C1. The fourth-order valence-electron chi connectivity index (χ4n) is 3.41. The van der Waals surface area contributed by atoms with Gasteiger partial charge in [0.1, 0.15) is 18.0 Å². The molecule has 0 unspecified atom stereocenters. The van der Waals surface area contributed by atoms with Crippen LogP contribution < -0.4 is 15.5 Å². The lowest BCUT2D eigenvalue weighted by Gasteiger charge is -2.32. The molecule has 7 heteroatoms. The summed E-state index contributed by atoms with van der Waals surface area (Å²) in [5.41, 5.74) is 5.44. The number of carbonyl (C=O) groups is 1. The molecular formula is C15H23N5O2. The van der Waals surface area contributed by atoms with E-state index in [1.54, 1.807) is 6.33 Å². The van der Waals surface area contributed by atoms with Crippen molar-refractivity contribution in [3.8, 4) is 0 Å². The second-order valence-corrected chi connectivity index (χ2v) is 6.09. The molecule has 2 atom stereocenters. The molecule has 2 aliphatic heterocycles. The number of nitrogens with zero attached hydrogens (tertiary/aromatic N) is 4. The molecule has 120 valence electrons. The summed E-state index contributed by atoms with van der Waals surface area (Å²) in [5.74, 6) is 1.34. The summed E-state index contributed by atoms with van der Waals surface area (Å²) in [6.45, 7) is 2.55. The Morgan fingerprint density at radius 1 is 1.27 bits per heavy atom. The lowest BCUT2D eigenvalue weighted by Crippen LogP contribution is -2.41. The summed E-state index contributed by atoms with van der Waals surface area (Å²) in [7, 11) is 0. The molecule has 0 radical (unpaired) electrons. The number of hydrogen-bond donors (Lipinski definition) is 2. The predicted octanol–water partition coefficient (Wildman–Crippen LogP) is 0.139. The zero-order valence-corrected chi connectivity index (χ0v) is 12.7. The maximum Gasteiger partial charge on any atom is 0.222 e. The van der Waals surface area contributed by atoms with Gasteiger partial charge >= 0.3 is 0 Å². The lowest BCUT2D eigenvalue weighted by atomic mass is 9.97. The van der Waals surface area contributed by atoms with Gasteiger partial charge in [0, 0.05) is 25.7 Å². The predicted molar refractivity (Wildman–Crippen MR) is 83.6 cm³/mol. The fraction of sp³-hybridized carbons (Fsp3) is 0.667. The van der Waals surface area contributed by atoms with Crippen LogP contribution in [0.4, 0.5) is 11.6 Å². The molecule has 2 aliphatic rings. The van der Waals surface area contributed by atoms with Crippen LogP contribution in [0.1, 0.15) is 25.7 Å². The third kappa shape index (κ3) is 2.99. The van der Waals surface area contributed by atoms with Crippen LogP contribution in [0.25, 0.3) is 0 Å². The molecule has 0 bridgehead atoms. The Balaban J connectivity index is 1.77. The van der Waals surface area contributed by atoms with Crippen LogP contribution in [-0.4, -0.2) is 53.3 Å². The number of hydrogen-bond acceptors (Lipinski definition) is 6. The van der Waals surface area contributed by atoms with Gasteiger partial charge in [-0.2, -0.15) is 0 Å². The second kappa shape index (κ2) is 6.48. The van der Waals surface area contributed by atoms with E-state index in [4.69, 9.17) is 5.73 Å². The van der Waals surface area contributed by atoms with Crippen molar-refractivity contribution in [3.05, 3.63) is 12.4 Å². The molecule has 3 heterocycles. The largest absolute Gasteiger partial charge is 0.394 e. The fourth-order valence-corrected chi connectivity index (χ4v) is 3.41. The Morgan fingerprint density at radius 3 is 2.82 bits per heavy atom. The number of aromatic nitrogens is 2. The highest BCUT2D eigenvalue weighted by Gasteiger charge is 2.27. The van der Waals surface area contributed by atoms with Gasteiger partial charge in [0.25, 0.3) is 0 Å². The van der Waals surface area contributed by atoms with Crippen molar-refractivity contribution >= 4 is 17.5 Å². The molecule has 22 heavy (non-hydrogen) atoms. The summed E-state index contributed by atoms with van der Waals surface area (Å²) < 4.78 is 0. The molecule has 0 spiro atoms. The first kappa shape index (κ1) is 15.0. The minimum atomic E-state index is -0.237. The molecule has 2 saturated heterocycles. The third-order valence-electron chi connectivity index (χ3n) is 4.67. The highest BCUT2D eigenvalue weighted by Crippen LogP contribution is 2.27. The zero-order valence-electron chi connectivity index (χ0n) is 12.7. The van der Waals surface area contributed by atoms with Gasteiger partial charge in [-0.05, 0) is 25.7 Å². The monoisotopic (exact) mass is 305 g/mol. The van der Waals surface area contributed by atoms with Crippen molar-refractivity contribution in [2.45, 2.75) is 31.7 Å². The Labute approximate surface area is 130 Å². The van der Waals surface area contributed by atoms with E-state index in [-0.39, 0.29) is 24.5 Å². The summed E-state index contributed by atoms with van der Waals surface area (Å²) in [5, 5.41) is 9.46. The Morgan fingerprint density at radius 2 is 2.05 bits per heavy atom. The van der Waals surface area contributed by atoms with E-state index in [1.165, 1.54) is 0 Å². The van der Waals surface area contributed by atoms with Crippen LogP contribution in [0.3, 0.4) is 0 Å². The van der Waals surface area contributed by atoms with Crippen LogP contribution >= 0.6 is 0 Å². The maximum absolute atomic E-state index is 11.4. The van der Waals surface area contributed by atoms with Gasteiger partial charge in [0.15, 0.2) is 0 Å². The van der Waals surface area contributed by atoms with Crippen molar-refractivity contribution < 1.29 is 9.90 Å². The van der Waals surface area contributed by atoms with E-state index in [1.807, 2.05) is 6.07 Å². The molecule has 0 aliphatic carbocycles. The number of anilines is 2. The third-order valence-corrected chi connectivity index (χ3v) is 4.67. The van der Waals surface area contributed by atoms with Gasteiger partial charge < -0.3 is 20.6 Å². The number of amides is 1. The minimum absolute atomic E-state index is 0.107. The summed E-state index contributed by atoms with van der Waals surface area (Å²) >= 11 is 0. The van der Waals surface area contributed by atoms with Gasteiger partial charge in [-0.1, -0.05) is 0 Å². The van der Waals surface area contributed by atoms with Crippen molar-refractivity contribution in [1.29, 1.82) is 0 Å². The molecule has 7 nitrogen and oxygen atoms in total. The van der Waals surface area contributed by atoms with E-state index in [0.29, 0.717) is 6.54 Å². The Kier molecular flexibility index (Phi) is 4.42. The van der Waals surface area contributed by atoms with Crippen LogP contribution in [0.15, 0.2) is 12.4 Å². The van der Waals surface area contributed by atoms with E-state index in [2.05, 4.69) is 19.8 Å². The number of aliphatic hydroxyl groups excluding tert-OH is 1. The number of nitrogens with two attached hydrogens (primary N) is 1. The molecule has 3 rings (SSSR count). The van der Waals surface area contributed by atoms with Crippen molar-refractivity contribution in [1.82, 2.24) is 9.97 Å². The highest BCUT2D eigenvalue weighted by atomic mass is 16.3. The molecule has 3 N–H and O–H groups in total. The summed E-state index contributed by atoms with van der Waals surface area (Å²) in [6.07, 6.45) is 5.41. The van der Waals surface area contributed by atoms with Gasteiger partial charge in [-0.25, -0.2) is 9.97 Å². The molecular weight excluding hydrogens is 282 g/mol. The maximum atomic E-state index is 11.4. The Hall–Kier alpha value is -1.89. The number of carbonyl (C=O) groups excluding carboxylic acids is 1. The minimum Gasteiger partial charge on any atom is -0.394 e. The first-order chi connectivity index (χ1) is 10.7. The molecule has 0 aromatic carbocycles. The summed E-state index contributed by atoms with van der Waals surface area (Å²) in [4.78, 5) is 24.4. The molecule has 1 aromatic heterocycles. The van der Waals surface area contributed by atoms with Gasteiger partial charge in [-0.3, -0.25) is 4.79 Å². The molecule has 1 amide bonds. The van der Waals surface area contributed by atoms with E-state index >= 15 is 0 Å². The first-order valence-electron chi connectivity index (χ1n) is 7.93. The standard InChI is InChI=1S/C15H23N5O2/c16-15(22)11-3-1-5-19(8-11)13-7-14(18-10-17-13)20-6-2-4-12(20)9-21/h7,10-12,21H,1-6,8-9H2,(H2,16,22)/t11-,12+/m1/s1. The second-order valence-electron chi connectivity index (χ2n) is 6.09. The lowest BCUT2D eigenvalue weighted by molar-refractivity contribution is -0.122. The molecule has 2 fully saturated rings. The Bertz CT molecular complexity index is 538. The van der Waals surface area contributed by atoms with Gasteiger partial charge in [0.05, 0.1) is 18.6 Å². The van der Waals surface area contributed by atoms with Crippen LogP contribution in [-0.2, 0) is 4.79 Å². The first-order valence-corrected chi connectivity index (χ1v) is 7.93. The smallest absolute Gasteiger partial charge is 0.222 e.